The lowest BCUT2D eigenvalue weighted by Gasteiger charge is -2.34. The molecule has 0 aromatic rings. The molecule has 3 unspecified atom stereocenters. The molecular weight excluding hydrogens is 207 g/mol. The quantitative estimate of drug-likeness (QED) is 0.737. The molecule has 1 fully saturated rings. The minimum absolute atomic E-state index is 0.0243. The van der Waals surface area contributed by atoms with Crippen molar-refractivity contribution in [1.82, 2.24) is 0 Å². The Balaban J connectivity index is 2.19. The molecule has 1 heterocycles. The monoisotopic (exact) mass is 228 g/mol. The second kappa shape index (κ2) is 4.46. The van der Waals surface area contributed by atoms with Crippen LogP contribution >= 0.6 is 0 Å². The molecule has 0 spiro atoms. The van der Waals surface area contributed by atoms with Gasteiger partial charge in [0.1, 0.15) is 11.9 Å². The second-order valence-corrected chi connectivity index (χ2v) is 5.18. The summed E-state index contributed by atoms with van der Waals surface area (Å²) in [5, 5.41) is 0. The van der Waals surface area contributed by atoms with E-state index in [1.807, 2.05) is 6.92 Å². The van der Waals surface area contributed by atoms with Crippen molar-refractivity contribution in [1.29, 1.82) is 0 Å². The first kappa shape index (κ1) is 12.1. The highest BCUT2D eigenvalue weighted by atomic mass is 19.1. The fourth-order valence-corrected chi connectivity index (χ4v) is 3.02. The average molecular weight is 228 g/mol. The van der Waals surface area contributed by atoms with Gasteiger partial charge in [-0.1, -0.05) is 0 Å². The summed E-state index contributed by atoms with van der Waals surface area (Å²) in [7, 11) is 1.65. The maximum atomic E-state index is 13.7. The van der Waals surface area contributed by atoms with Gasteiger partial charge in [0.2, 0.25) is 0 Å². The van der Waals surface area contributed by atoms with Crippen LogP contribution < -0.4 is 0 Å². The molecule has 0 saturated carbocycles. The molecule has 2 rings (SSSR count). The molecule has 1 saturated heterocycles. The number of halogens is 1. The summed E-state index contributed by atoms with van der Waals surface area (Å²) in [6.07, 6.45) is 4.33. The van der Waals surface area contributed by atoms with Gasteiger partial charge in [-0.25, -0.2) is 4.39 Å². The first-order chi connectivity index (χ1) is 7.57. The Hall–Kier alpha value is -0.410. The van der Waals surface area contributed by atoms with E-state index in [1.165, 1.54) is 0 Å². The van der Waals surface area contributed by atoms with Crippen molar-refractivity contribution < 1.29 is 13.9 Å². The first-order valence-corrected chi connectivity index (χ1v) is 6.15. The molecule has 16 heavy (non-hydrogen) atoms. The van der Waals surface area contributed by atoms with Crippen molar-refractivity contribution in [2.24, 2.45) is 0 Å². The molecule has 1 aliphatic carbocycles. The number of hydrogen-bond donors (Lipinski definition) is 0. The fraction of sp³-hybridized carbons (Fsp3) is 0.846. The van der Waals surface area contributed by atoms with Crippen LogP contribution in [0.1, 0.15) is 46.0 Å². The SMILES string of the molecule is COC(C1=C(F)CCC1)C1(C)CCC(C)O1. The number of hydrogen-bond acceptors (Lipinski definition) is 2. The Morgan fingerprint density at radius 1 is 1.50 bits per heavy atom. The van der Waals surface area contributed by atoms with Crippen molar-refractivity contribution in [3.8, 4) is 0 Å². The van der Waals surface area contributed by atoms with Crippen molar-refractivity contribution in [3.63, 3.8) is 0 Å². The molecule has 0 aromatic heterocycles. The standard InChI is InChI=1S/C13H21FO2/c1-9-7-8-13(2,16-9)12(15-3)10-5-4-6-11(10)14/h9,12H,4-8H2,1-3H3. The van der Waals surface area contributed by atoms with Gasteiger partial charge in [0.15, 0.2) is 0 Å². The predicted octanol–water partition coefficient (Wildman–Crippen LogP) is 3.37. The maximum absolute atomic E-state index is 13.7. The van der Waals surface area contributed by atoms with Gasteiger partial charge in [0.25, 0.3) is 0 Å². The van der Waals surface area contributed by atoms with Gasteiger partial charge in [-0.3, -0.25) is 0 Å². The van der Waals surface area contributed by atoms with Crippen LogP contribution in [-0.2, 0) is 9.47 Å². The third-order valence-corrected chi connectivity index (χ3v) is 3.82. The van der Waals surface area contributed by atoms with Crippen LogP contribution in [0.3, 0.4) is 0 Å². The van der Waals surface area contributed by atoms with E-state index in [4.69, 9.17) is 9.47 Å². The van der Waals surface area contributed by atoms with E-state index in [0.717, 1.165) is 31.3 Å². The van der Waals surface area contributed by atoms with E-state index < -0.39 is 0 Å². The lowest BCUT2D eigenvalue weighted by Crippen LogP contribution is -2.42. The third-order valence-electron chi connectivity index (χ3n) is 3.82. The van der Waals surface area contributed by atoms with Crippen LogP contribution in [0.15, 0.2) is 11.4 Å². The molecule has 2 aliphatic rings. The van der Waals surface area contributed by atoms with Crippen LogP contribution in [0, 0.1) is 0 Å². The van der Waals surface area contributed by atoms with Crippen LogP contribution in [0.25, 0.3) is 0 Å². The minimum Gasteiger partial charge on any atom is -0.374 e. The molecular formula is C13H21FO2. The summed E-state index contributed by atoms with van der Waals surface area (Å²) in [6.45, 7) is 4.11. The van der Waals surface area contributed by atoms with Crippen LogP contribution in [0.5, 0.6) is 0 Å². The molecule has 0 amide bonds. The van der Waals surface area contributed by atoms with Gasteiger partial charge < -0.3 is 9.47 Å². The lowest BCUT2D eigenvalue weighted by atomic mass is 9.89. The summed E-state index contributed by atoms with van der Waals surface area (Å²) in [5.41, 5.74) is 0.490. The van der Waals surface area contributed by atoms with Crippen molar-refractivity contribution in [2.45, 2.75) is 63.8 Å². The molecule has 0 radical (unpaired) electrons. The van der Waals surface area contributed by atoms with Gasteiger partial charge in [0, 0.05) is 7.11 Å². The Morgan fingerprint density at radius 2 is 2.25 bits per heavy atom. The zero-order chi connectivity index (χ0) is 11.8. The van der Waals surface area contributed by atoms with Gasteiger partial charge in [-0.2, -0.15) is 0 Å². The Kier molecular flexibility index (Phi) is 3.36. The molecule has 3 atom stereocenters. The first-order valence-electron chi connectivity index (χ1n) is 6.15. The summed E-state index contributed by atoms with van der Waals surface area (Å²) in [4.78, 5) is 0. The zero-order valence-electron chi connectivity index (χ0n) is 10.4. The second-order valence-electron chi connectivity index (χ2n) is 5.18. The highest BCUT2D eigenvalue weighted by Gasteiger charge is 2.44. The fourth-order valence-electron chi connectivity index (χ4n) is 3.02. The van der Waals surface area contributed by atoms with Crippen molar-refractivity contribution in [3.05, 3.63) is 11.4 Å². The lowest BCUT2D eigenvalue weighted by molar-refractivity contribution is -0.101. The number of methoxy groups -OCH3 is 1. The molecule has 92 valence electrons. The molecule has 0 bridgehead atoms. The Bertz CT molecular complexity index is 300. The van der Waals surface area contributed by atoms with E-state index in [1.54, 1.807) is 7.11 Å². The molecule has 3 heteroatoms. The average Bonchev–Trinajstić information content (AvgIpc) is 2.77. The van der Waals surface area contributed by atoms with Crippen LogP contribution in [-0.4, -0.2) is 24.9 Å². The number of rotatable bonds is 3. The van der Waals surface area contributed by atoms with Crippen LogP contribution in [0.4, 0.5) is 4.39 Å². The summed E-state index contributed by atoms with van der Waals surface area (Å²) in [6, 6.07) is 0. The minimum atomic E-state index is -0.342. The zero-order valence-corrected chi connectivity index (χ0v) is 10.4. The Morgan fingerprint density at radius 3 is 2.69 bits per heavy atom. The van der Waals surface area contributed by atoms with Gasteiger partial charge in [-0.05, 0) is 51.5 Å². The van der Waals surface area contributed by atoms with Gasteiger partial charge in [0.05, 0.1) is 11.7 Å². The molecule has 2 nitrogen and oxygen atoms in total. The third kappa shape index (κ3) is 2.03. The Labute approximate surface area is 96.8 Å². The van der Waals surface area contributed by atoms with E-state index in [2.05, 4.69) is 6.92 Å². The van der Waals surface area contributed by atoms with E-state index in [9.17, 15) is 4.39 Å². The van der Waals surface area contributed by atoms with E-state index >= 15 is 0 Å². The summed E-state index contributed by atoms with van der Waals surface area (Å²) < 4.78 is 25.1. The maximum Gasteiger partial charge on any atom is 0.110 e. The summed E-state index contributed by atoms with van der Waals surface area (Å²) in [5.74, 6) is 0.0243. The highest BCUT2D eigenvalue weighted by molar-refractivity contribution is 5.22. The topological polar surface area (TPSA) is 18.5 Å². The van der Waals surface area contributed by atoms with Gasteiger partial charge >= 0.3 is 0 Å². The predicted molar refractivity (Wildman–Crippen MR) is 61.0 cm³/mol. The van der Waals surface area contributed by atoms with Crippen molar-refractivity contribution in [2.75, 3.05) is 7.11 Å². The van der Waals surface area contributed by atoms with E-state index in [0.29, 0.717) is 6.42 Å². The largest absolute Gasteiger partial charge is 0.374 e. The van der Waals surface area contributed by atoms with Crippen molar-refractivity contribution >= 4 is 0 Å². The van der Waals surface area contributed by atoms with Crippen LogP contribution in [0.2, 0.25) is 0 Å². The highest BCUT2D eigenvalue weighted by Crippen LogP contribution is 2.41. The molecule has 0 N–H and O–H groups in total. The molecule has 0 aromatic carbocycles. The van der Waals surface area contributed by atoms with E-state index in [-0.39, 0.29) is 23.6 Å². The summed E-state index contributed by atoms with van der Waals surface area (Å²) >= 11 is 0. The van der Waals surface area contributed by atoms with Gasteiger partial charge in [-0.15, -0.1) is 0 Å². The molecule has 1 aliphatic heterocycles. The smallest absolute Gasteiger partial charge is 0.110 e. The number of ether oxygens (including phenoxy) is 2. The normalized spacial score (nSPS) is 37.1. The number of allylic oxidation sites excluding steroid dienone is 1.